The van der Waals surface area contributed by atoms with E-state index < -0.39 is 11.2 Å². The Balaban J connectivity index is 1.79. The number of methoxy groups -OCH3 is 1. The van der Waals surface area contributed by atoms with Crippen LogP contribution < -0.4 is 21.3 Å². The maximum atomic E-state index is 13.4. The molecule has 7 nitrogen and oxygen atoms in total. The standard InChI is InChI=1S/C22H19N3O4S2/c1-29-18-9-4-3-8-16(18)25-21(27)20-17(10-11-31-20)24(22(25)28)13-19(26)23-14-6-5-7-15(12-14)30-2/h3-12H,13H2,1-2H3,(H,23,26). The molecule has 9 heteroatoms. The first-order chi connectivity index (χ1) is 15.0. The molecule has 0 aliphatic rings. The Hall–Kier alpha value is -3.30. The molecule has 4 rings (SSSR count). The van der Waals surface area contributed by atoms with Crippen LogP contribution in [0.15, 0.2) is 74.5 Å². The average Bonchev–Trinajstić information content (AvgIpc) is 3.27. The maximum absolute atomic E-state index is 13.4. The molecule has 0 bridgehead atoms. The van der Waals surface area contributed by atoms with Crippen LogP contribution in [-0.4, -0.2) is 28.4 Å². The molecule has 2 heterocycles. The van der Waals surface area contributed by atoms with Gasteiger partial charge in [-0.2, -0.15) is 0 Å². The second-order valence-electron chi connectivity index (χ2n) is 6.60. The highest BCUT2D eigenvalue weighted by atomic mass is 32.2. The van der Waals surface area contributed by atoms with Gasteiger partial charge in [0.1, 0.15) is 17.0 Å². The number of hydrogen-bond donors (Lipinski definition) is 1. The van der Waals surface area contributed by atoms with Gasteiger partial charge >= 0.3 is 5.69 Å². The number of thioether (sulfide) groups is 1. The van der Waals surface area contributed by atoms with Crippen LogP contribution in [0.5, 0.6) is 5.75 Å². The fraction of sp³-hybridized carbons (Fsp3) is 0.136. The lowest BCUT2D eigenvalue weighted by Crippen LogP contribution is -2.40. The zero-order chi connectivity index (χ0) is 22.0. The van der Waals surface area contributed by atoms with Crippen LogP contribution in [0.4, 0.5) is 5.69 Å². The number of para-hydroxylation sites is 2. The van der Waals surface area contributed by atoms with Gasteiger partial charge in [-0.3, -0.25) is 14.2 Å². The average molecular weight is 454 g/mol. The van der Waals surface area contributed by atoms with Gasteiger partial charge in [-0.1, -0.05) is 18.2 Å². The molecular formula is C22H19N3O4S2. The van der Waals surface area contributed by atoms with Crippen molar-refractivity contribution < 1.29 is 9.53 Å². The van der Waals surface area contributed by atoms with E-state index in [2.05, 4.69) is 5.32 Å². The van der Waals surface area contributed by atoms with E-state index in [1.165, 1.54) is 23.0 Å². The summed E-state index contributed by atoms with van der Waals surface area (Å²) in [5, 5.41) is 4.56. The molecule has 0 saturated heterocycles. The number of thiophene rings is 1. The molecule has 0 fully saturated rings. The summed E-state index contributed by atoms with van der Waals surface area (Å²) in [6.45, 7) is -0.231. The van der Waals surface area contributed by atoms with Crippen molar-refractivity contribution in [1.82, 2.24) is 9.13 Å². The van der Waals surface area contributed by atoms with Gasteiger partial charge in [0.2, 0.25) is 5.91 Å². The normalized spacial score (nSPS) is 10.9. The molecule has 0 aliphatic heterocycles. The van der Waals surface area contributed by atoms with Crippen LogP contribution in [0.3, 0.4) is 0 Å². The van der Waals surface area contributed by atoms with Crippen molar-refractivity contribution in [3.8, 4) is 11.4 Å². The number of amides is 1. The van der Waals surface area contributed by atoms with Crippen molar-refractivity contribution in [2.75, 3.05) is 18.7 Å². The fourth-order valence-electron chi connectivity index (χ4n) is 3.31. The molecule has 4 aromatic rings. The van der Waals surface area contributed by atoms with Crippen molar-refractivity contribution in [3.63, 3.8) is 0 Å². The van der Waals surface area contributed by atoms with Gasteiger partial charge in [-0.15, -0.1) is 23.1 Å². The molecule has 0 aliphatic carbocycles. The van der Waals surface area contributed by atoms with E-state index in [1.807, 2.05) is 24.5 Å². The summed E-state index contributed by atoms with van der Waals surface area (Å²) >= 11 is 2.80. The second-order valence-corrected chi connectivity index (χ2v) is 8.39. The number of ether oxygens (including phenoxy) is 1. The fourth-order valence-corrected chi connectivity index (χ4v) is 4.60. The molecule has 1 N–H and O–H groups in total. The minimum atomic E-state index is -0.603. The first-order valence-electron chi connectivity index (χ1n) is 9.34. The number of nitrogens with one attached hydrogen (secondary N) is 1. The molecule has 1 amide bonds. The maximum Gasteiger partial charge on any atom is 0.336 e. The van der Waals surface area contributed by atoms with Gasteiger partial charge in [0.05, 0.1) is 18.3 Å². The van der Waals surface area contributed by atoms with Crippen molar-refractivity contribution in [1.29, 1.82) is 0 Å². The number of rotatable bonds is 6. The van der Waals surface area contributed by atoms with E-state index in [4.69, 9.17) is 4.74 Å². The SMILES string of the molecule is COc1ccccc1-n1c(=O)c2sccc2n(CC(=O)Nc2cccc(SC)c2)c1=O. The molecule has 2 aromatic carbocycles. The van der Waals surface area contributed by atoms with E-state index >= 15 is 0 Å². The molecule has 0 unspecified atom stereocenters. The number of benzene rings is 2. The van der Waals surface area contributed by atoms with Crippen LogP contribution in [0.1, 0.15) is 0 Å². The van der Waals surface area contributed by atoms with Gasteiger partial charge in [-0.05, 0) is 48.0 Å². The highest BCUT2D eigenvalue weighted by Gasteiger charge is 2.19. The van der Waals surface area contributed by atoms with Crippen LogP contribution in [0.25, 0.3) is 15.9 Å². The highest BCUT2D eigenvalue weighted by molar-refractivity contribution is 7.98. The predicted molar refractivity (Wildman–Crippen MR) is 125 cm³/mol. The molecule has 0 atom stereocenters. The molecule has 0 saturated carbocycles. The van der Waals surface area contributed by atoms with Crippen LogP contribution in [0, 0.1) is 0 Å². The van der Waals surface area contributed by atoms with Crippen molar-refractivity contribution in [2.24, 2.45) is 0 Å². The summed E-state index contributed by atoms with van der Waals surface area (Å²) in [6, 6.07) is 15.9. The number of carbonyl (C=O) groups is 1. The van der Waals surface area contributed by atoms with Gasteiger partial charge < -0.3 is 10.1 Å². The topological polar surface area (TPSA) is 82.3 Å². The minimum Gasteiger partial charge on any atom is -0.495 e. The van der Waals surface area contributed by atoms with E-state index in [-0.39, 0.29) is 12.5 Å². The molecule has 31 heavy (non-hydrogen) atoms. The smallest absolute Gasteiger partial charge is 0.336 e. The molecule has 158 valence electrons. The van der Waals surface area contributed by atoms with Gasteiger partial charge in [0, 0.05) is 10.6 Å². The third kappa shape index (κ3) is 4.01. The lowest BCUT2D eigenvalue weighted by Gasteiger charge is -2.14. The number of fused-ring (bicyclic) bond motifs is 1. The monoisotopic (exact) mass is 453 g/mol. The first kappa shape index (κ1) is 21.0. The summed E-state index contributed by atoms with van der Waals surface area (Å²) in [7, 11) is 1.47. The summed E-state index contributed by atoms with van der Waals surface area (Å²) in [4.78, 5) is 40.2. The quantitative estimate of drug-likeness (QED) is 0.451. The number of nitrogens with zero attached hydrogens (tertiary/aromatic N) is 2. The largest absolute Gasteiger partial charge is 0.495 e. The number of hydrogen-bond acceptors (Lipinski definition) is 6. The number of carbonyl (C=O) groups excluding carboxylic acids is 1. The Kier molecular flexibility index (Phi) is 5.97. The van der Waals surface area contributed by atoms with E-state index in [0.29, 0.717) is 27.3 Å². The Morgan fingerprint density at radius 3 is 2.71 bits per heavy atom. The Morgan fingerprint density at radius 2 is 1.94 bits per heavy atom. The van der Waals surface area contributed by atoms with Crippen LogP contribution in [-0.2, 0) is 11.3 Å². The molecule has 0 spiro atoms. The Bertz CT molecular complexity index is 1390. The zero-order valence-electron chi connectivity index (χ0n) is 16.8. The lowest BCUT2D eigenvalue weighted by molar-refractivity contribution is -0.116. The van der Waals surface area contributed by atoms with Gasteiger partial charge in [0.15, 0.2) is 0 Å². The molecule has 0 radical (unpaired) electrons. The van der Waals surface area contributed by atoms with Crippen molar-refractivity contribution in [3.05, 3.63) is 80.8 Å². The Morgan fingerprint density at radius 1 is 1.13 bits per heavy atom. The van der Waals surface area contributed by atoms with Crippen LogP contribution in [0.2, 0.25) is 0 Å². The van der Waals surface area contributed by atoms with Gasteiger partial charge in [-0.25, -0.2) is 9.36 Å². The molecular weight excluding hydrogens is 434 g/mol. The van der Waals surface area contributed by atoms with Crippen molar-refractivity contribution >= 4 is 44.9 Å². The zero-order valence-corrected chi connectivity index (χ0v) is 18.5. The predicted octanol–water partition coefficient (Wildman–Crippen LogP) is 3.58. The number of anilines is 1. The van der Waals surface area contributed by atoms with E-state index in [1.54, 1.807) is 53.5 Å². The summed E-state index contributed by atoms with van der Waals surface area (Å²) < 4.78 is 8.10. The third-order valence-electron chi connectivity index (χ3n) is 4.74. The summed E-state index contributed by atoms with van der Waals surface area (Å²) in [5.74, 6) is 0.0283. The van der Waals surface area contributed by atoms with E-state index in [0.717, 1.165) is 9.46 Å². The van der Waals surface area contributed by atoms with Gasteiger partial charge in [0.25, 0.3) is 5.56 Å². The summed E-state index contributed by atoms with van der Waals surface area (Å²) in [5.41, 5.74) is 0.359. The third-order valence-corrected chi connectivity index (χ3v) is 6.35. The first-order valence-corrected chi connectivity index (χ1v) is 11.4. The number of aromatic nitrogens is 2. The summed E-state index contributed by atoms with van der Waals surface area (Å²) in [6.07, 6.45) is 1.95. The molecule has 2 aromatic heterocycles. The van der Waals surface area contributed by atoms with Crippen molar-refractivity contribution in [2.45, 2.75) is 11.4 Å². The Labute approximate surface area is 185 Å². The minimum absolute atomic E-state index is 0.231. The highest BCUT2D eigenvalue weighted by Crippen LogP contribution is 2.22. The van der Waals surface area contributed by atoms with Crippen LogP contribution >= 0.6 is 23.1 Å². The lowest BCUT2D eigenvalue weighted by atomic mass is 10.3. The second kappa shape index (κ2) is 8.83. The van der Waals surface area contributed by atoms with E-state index in [9.17, 15) is 14.4 Å².